The predicted octanol–water partition coefficient (Wildman–Crippen LogP) is 18.8. The van der Waals surface area contributed by atoms with Crippen molar-refractivity contribution in [3.63, 3.8) is 0 Å². The van der Waals surface area contributed by atoms with Crippen LogP contribution in [0.4, 0.5) is 0 Å². The molecule has 0 spiro atoms. The molecule has 0 fully saturated rings. The van der Waals surface area contributed by atoms with Gasteiger partial charge < -0.3 is 20.3 Å². The molecule has 400 valence electrons. The molecule has 0 bridgehead atoms. The van der Waals surface area contributed by atoms with Gasteiger partial charge in [0, 0.05) is 6.42 Å². The molecule has 3 unspecified atom stereocenters. The normalized spacial score (nSPS) is 13.3. The van der Waals surface area contributed by atoms with Crippen LogP contribution < -0.4 is 5.32 Å². The molecule has 0 aliphatic carbocycles. The number of rotatable bonds is 55. The highest BCUT2D eigenvalue weighted by molar-refractivity contribution is 5.77. The van der Waals surface area contributed by atoms with E-state index in [1.807, 2.05) is 0 Å². The number of esters is 1. The summed E-state index contributed by atoms with van der Waals surface area (Å²) < 4.78 is 5.97. The maximum Gasteiger partial charge on any atom is 0.306 e. The van der Waals surface area contributed by atoms with Gasteiger partial charge in [-0.05, 0) is 44.9 Å². The molecule has 0 rings (SSSR count). The van der Waals surface area contributed by atoms with E-state index < -0.39 is 18.2 Å². The second kappa shape index (κ2) is 56.0. The van der Waals surface area contributed by atoms with Crippen molar-refractivity contribution in [2.45, 2.75) is 341 Å². The molecule has 0 aliphatic rings. The highest BCUT2D eigenvalue weighted by Gasteiger charge is 2.24. The van der Waals surface area contributed by atoms with Crippen LogP contribution >= 0.6 is 0 Å². The van der Waals surface area contributed by atoms with E-state index in [1.165, 1.54) is 218 Å². The van der Waals surface area contributed by atoms with E-state index in [4.69, 9.17) is 4.74 Å². The Kier molecular flexibility index (Phi) is 54.4. The fourth-order valence-corrected chi connectivity index (χ4v) is 9.49. The van der Waals surface area contributed by atoms with Crippen LogP contribution in [0.25, 0.3) is 0 Å². The molecule has 0 heterocycles. The van der Waals surface area contributed by atoms with Crippen LogP contribution in [0.3, 0.4) is 0 Å². The van der Waals surface area contributed by atoms with Crippen molar-refractivity contribution in [2.75, 3.05) is 6.61 Å². The maximum atomic E-state index is 13.3. The number of hydrogen-bond donors (Lipinski definition) is 3. The third kappa shape index (κ3) is 50.5. The van der Waals surface area contributed by atoms with Gasteiger partial charge in [-0.25, -0.2) is 0 Å². The minimum absolute atomic E-state index is 0.0777. The number of ether oxygens (including phenoxy) is 1. The van der Waals surface area contributed by atoms with Gasteiger partial charge in [0.25, 0.3) is 0 Å². The Morgan fingerprint density at radius 3 is 1.19 bits per heavy atom. The minimum Gasteiger partial charge on any atom is -0.462 e. The number of allylic oxidation sites excluding steroid dienone is 6. The molecule has 6 heteroatoms. The van der Waals surface area contributed by atoms with Crippen molar-refractivity contribution in [3.8, 4) is 0 Å². The lowest BCUT2D eigenvalue weighted by Gasteiger charge is -2.24. The average Bonchev–Trinajstić information content (AvgIpc) is 3.33. The van der Waals surface area contributed by atoms with Gasteiger partial charge in [-0.15, -0.1) is 0 Å². The second-order valence-corrected chi connectivity index (χ2v) is 20.8. The number of unbranched alkanes of at least 4 members (excludes halogenated alkanes) is 39. The van der Waals surface area contributed by atoms with E-state index in [2.05, 4.69) is 62.5 Å². The summed E-state index contributed by atoms with van der Waals surface area (Å²) in [4.78, 5) is 26.3. The smallest absolute Gasteiger partial charge is 0.306 e. The third-order valence-corrected chi connectivity index (χ3v) is 14.0. The van der Waals surface area contributed by atoms with Crippen LogP contribution in [0.15, 0.2) is 36.5 Å². The summed E-state index contributed by atoms with van der Waals surface area (Å²) in [6.45, 7) is 6.40. The van der Waals surface area contributed by atoms with Crippen molar-refractivity contribution < 1.29 is 24.5 Å². The molecular weight excluding hydrogens is 839 g/mol. The molecule has 0 aromatic heterocycles. The first-order valence-electron chi connectivity index (χ1n) is 30.2. The summed E-state index contributed by atoms with van der Waals surface area (Å²) in [7, 11) is 0. The first-order chi connectivity index (χ1) is 33.5. The molecule has 1 amide bonds. The summed E-state index contributed by atoms with van der Waals surface area (Å²) in [6.07, 6.45) is 67.9. The summed E-state index contributed by atoms with van der Waals surface area (Å²) in [5.74, 6) is -0.468. The van der Waals surface area contributed by atoms with Gasteiger partial charge in [0.1, 0.15) is 6.10 Å². The lowest BCUT2D eigenvalue weighted by molar-refractivity contribution is -0.151. The minimum atomic E-state index is -0.788. The van der Waals surface area contributed by atoms with Gasteiger partial charge in [-0.2, -0.15) is 0 Å². The summed E-state index contributed by atoms with van der Waals surface area (Å²) in [5, 5.41) is 24.0. The Hall–Kier alpha value is -1.92. The van der Waals surface area contributed by atoms with Crippen molar-refractivity contribution >= 4 is 11.9 Å². The Labute approximate surface area is 424 Å². The topological polar surface area (TPSA) is 95.9 Å². The Bertz CT molecular complexity index is 1120. The van der Waals surface area contributed by atoms with E-state index in [1.54, 1.807) is 0 Å². The van der Waals surface area contributed by atoms with Gasteiger partial charge in [0.05, 0.1) is 25.2 Å². The number of amides is 1. The molecular formula is C62H117NO5. The van der Waals surface area contributed by atoms with Gasteiger partial charge in [-0.1, -0.05) is 301 Å². The van der Waals surface area contributed by atoms with Crippen LogP contribution in [0.5, 0.6) is 0 Å². The third-order valence-electron chi connectivity index (χ3n) is 14.0. The van der Waals surface area contributed by atoms with Crippen LogP contribution in [-0.4, -0.2) is 46.9 Å². The predicted molar refractivity (Wildman–Crippen MR) is 296 cm³/mol. The highest BCUT2D eigenvalue weighted by Crippen LogP contribution is 2.19. The fourth-order valence-electron chi connectivity index (χ4n) is 9.49. The molecule has 0 saturated heterocycles. The first-order valence-corrected chi connectivity index (χ1v) is 30.2. The zero-order valence-electron chi connectivity index (χ0n) is 45.8. The van der Waals surface area contributed by atoms with Crippen molar-refractivity contribution in [1.82, 2.24) is 5.32 Å². The number of aliphatic hydroxyl groups is 2. The molecule has 68 heavy (non-hydrogen) atoms. The average molecular weight is 957 g/mol. The van der Waals surface area contributed by atoms with Crippen LogP contribution in [0.2, 0.25) is 0 Å². The van der Waals surface area contributed by atoms with Gasteiger partial charge in [0.15, 0.2) is 0 Å². The van der Waals surface area contributed by atoms with E-state index in [9.17, 15) is 19.8 Å². The monoisotopic (exact) mass is 956 g/mol. The van der Waals surface area contributed by atoms with Gasteiger partial charge in [-0.3, -0.25) is 9.59 Å². The lowest BCUT2D eigenvalue weighted by Crippen LogP contribution is -2.46. The van der Waals surface area contributed by atoms with Crippen molar-refractivity contribution in [1.29, 1.82) is 0 Å². The van der Waals surface area contributed by atoms with Crippen LogP contribution in [0.1, 0.15) is 323 Å². The van der Waals surface area contributed by atoms with Gasteiger partial charge >= 0.3 is 5.97 Å². The number of carbonyl (C=O) groups excluding carboxylic acids is 2. The fraction of sp³-hybridized carbons (Fsp3) is 0.871. The zero-order valence-corrected chi connectivity index (χ0v) is 45.8. The van der Waals surface area contributed by atoms with Crippen LogP contribution in [-0.2, 0) is 14.3 Å². The molecule has 0 saturated carbocycles. The Balaban J connectivity index is 4.51. The maximum absolute atomic E-state index is 13.3. The van der Waals surface area contributed by atoms with Crippen molar-refractivity contribution in [2.24, 2.45) is 0 Å². The Morgan fingerprint density at radius 1 is 0.441 bits per heavy atom. The molecule has 3 N–H and O–H groups in total. The zero-order chi connectivity index (χ0) is 49.5. The first kappa shape index (κ1) is 66.1. The molecule has 0 aromatic carbocycles. The number of carbonyl (C=O) groups is 2. The summed E-state index contributed by atoms with van der Waals surface area (Å²) in [6, 6.07) is -0.702. The molecule has 0 aromatic rings. The lowest BCUT2D eigenvalue weighted by atomic mass is 10.0. The SMILES string of the molecule is CC/C=C/C=C/C=C/CCCCCCCCCC(=O)OC(CCCCCCCCCCCCCCCCCCC)CC(=O)NC(CO)C(O)CCCCCCCCCCCCCCCCCCC. The second-order valence-electron chi connectivity index (χ2n) is 20.8. The number of hydrogen-bond acceptors (Lipinski definition) is 5. The van der Waals surface area contributed by atoms with Crippen molar-refractivity contribution in [3.05, 3.63) is 36.5 Å². The summed E-state index contributed by atoms with van der Waals surface area (Å²) >= 11 is 0. The van der Waals surface area contributed by atoms with E-state index in [-0.39, 0.29) is 24.9 Å². The quantitative estimate of drug-likeness (QED) is 0.0321. The molecule has 0 radical (unpaired) electrons. The molecule has 0 aliphatic heterocycles. The standard InChI is InChI=1S/C62H117NO5/c1-4-7-10-13-16-19-22-25-28-30-33-35-38-41-44-47-50-53-58(68-62(67)55-52-49-46-43-40-37-32-27-24-21-18-15-12-9-6-3)56-61(66)63-59(57-64)60(65)54-51-48-45-42-39-36-34-31-29-26-23-20-17-14-11-8-5-2/h9,12,15,18,21,24,58-60,64-65H,4-8,10-11,13-14,16-17,19-20,22-23,25-57H2,1-3H3,(H,63,66)/b12-9+,18-15+,24-21+. The molecule has 3 atom stereocenters. The van der Waals surface area contributed by atoms with E-state index in [0.717, 1.165) is 57.8 Å². The molecule has 6 nitrogen and oxygen atoms in total. The van der Waals surface area contributed by atoms with E-state index in [0.29, 0.717) is 19.3 Å². The van der Waals surface area contributed by atoms with Gasteiger partial charge in [0.2, 0.25) is 5.91 Å². The highest BCUT2D eigenvalue weighted by atomic mass is 16.5. The van der Waals surface area contributed by atoms with E-state index >= 15 is 0 Å². The number of nitrogens with one attached hydrogen (secondary N) is 1. The Morgan fingerprint density at radius 2 is 0.794 bits per heavy atom. The largest absolute Gasteiger partial charge is 0.462 e. The van der Waals surface area contributed by atoms with Crippen LogP contribution in [0, 0.1) is 0 Å². The number of aliphatic hydroxyl groups excluding tert-OH is 2. The summed E-state index contributed by atoms with van der Waals surface area (Å²) in [5.41, 5.74) is 0.